The molecule has 2 rings (SSSR count). The van der Waals surface area contributed by atoms with Crippen LogP contribution in [0.15, 0.2) is 48.5 Å². The van der Waals surface area contributed by atoms with E-state index in [9.17, 15) is 4.79 Å². The summed E-state index contributed by atoms with van der Waals surface area (Å²) in [6.07, 6.45) is 0. The molecule has 0 atom stereocenters. The second kappa shape index (κ2) is 9.91. The summed E-state index contributed by atoms with van der Waals surface area (Å²) >= 11 is 5.91. The molecule has 0 heterocycles. The van der Waals surface area contributed by atoms with Crippen molar-refractivity contribution in [2.24, 2.45) is 0 Å². The minimum absolute atomic E-state index is 0.0452. The Hall–Kier alpha value is -2.24. The van der Waals surface area contributed by atoms with Gasteiger partial charge < -0.3 is 14.8 Å². The van der Waals surface area contributed by atoms with Gasteiger partial charge >= 0.3 is 0 Å². The molecule has 1 N–H and O–H groups in total. The van der Waals surface area contributed by atoms with Gasteiger partial charge in [0.05, 0.1) is 13.7 Å². The largest absolute Gasteiger partial charge is 0.496 e. The monoisotopic (exact) mass is 362 g/mol. The fourth-order valence-corrected chi connectivity index (χ4v) is 2.48. The normalized spacial score (nSPS) is 10.6. The van der Waals surface area contributed by atoms with E-state index in [1.54, 1.807) is 19.2 Å². The van der Waals surface area contributed by atoms with Crippen molar-refractivity contribution in [3.63, 3.8) is 0 Å². The lowest BCUT2D eigenvalue weighted by Crippen LogP contribution is -2.36. The van der Waals surface area contributed by atoms with Gasteiger partial charge in [-0.1, -0.05) is 35.9 Å². The Kier molecular flexibility index (Phi) is 7.57. The molecular formula is C19H23ClN2O3. The SMILES string of the molecule is COc1ccccc1CNC(=O)CN(C)CCOc1cccc(Cl)c1. The zero-order valence-corrected chi connectivity index (χ0v) is 15.3. The smallest absolute Gasteiger partial charge is 0.234 e. The molecule has 5 nitrogen and oxygen atoms in total. The molecule has 0 aromatic heterocycles. The number of nitrogens with one attached hydrogen (secondary N) is 1. The molecule has 0 radical (unpaired) electrons. The number of halogens is 1. The molecular weight excluding hydrogens is 340 g/mol. The van der Waals surface area contributed by atoms with Crippen LogP contribution in [-0.4, -0.2) is 44.7 Å². The summed E-state index contributed by atoms with van der Waals surface area (Å²) in [6, 6.07) is 14.9. The van der Waals surface area contributed by atoms with Crippen molar-refractivity contribution in [2.75, 3.05) is 33.9 Å². The number of carbonyl (C=O) groups excluding carboxylic acids is 1. The van der Waals surface area contributed by atoms with Crippen molar-refractivity contribution in [3.05, 3.63) is 59.1 Å². The molecule has 0 saturated carbocycles. The predicted octanol–water partition coefficient (Wildman–Crippen LogP) is 2.98. The molecule has 0 aliphatic heterocycles. The Morgan fingerprint density at radius 1 is 1.20 bits per heavy atom. The van der Waals surface area contributed by atoms with Crippen molar-refractivity contribution in [1.29, 1.82) is 0 Å². The van der Waals surface area contributed by atoms with Crippen molar-refractivity contribution < 1.29 is 14.3 Å². The van der Waals surface area contributed by atoms with E-state index in [4.69, 9.17) is 21.1 Å². The summed E-state index contributed by atoms with van der Waals surface area (Å²) in [5.74, 6) is 1.45. The van der Waals surface area contributed by atoms with Crippen LogP contribution >= 0.6 is 11.6 Å². The Labute approximate surface area is 153 Å². The number of rotatable bonds is 9. The van der Waals surface area contributed by atoms with Crippen molar-refractivity contribution in [2.45, 2.75) is 6.54 Å². The van der Waals surface area contributed by atoms with Crippen LogP contribution in [0.5, 0.6) is 11.5 Å². The van der Waals surface area contributed by atoms with E-state index in [0.717, 1.165) is 17.1 Å². The van der Waals surface area contributed by atoms with Gasteiger partial charge in [0.15, 0.2) is 0 Å². The van der Waals surface area contributed by atoms with Crippen LogP contribution in [0.4, 0.5) is 0 Å². The van der Waals surface area contributed by atoms with Crippen LogP contribution in [0.25, 0.3) is 0 Å². The van der Waals surface area contributed by atoms with Gasteiger partial charge in [-0.25, -0.2) is 0 Å². The highest BCUT2D eigenvalue weighted by molar-refractivity contribution is 6.30. The number of methoxy groups -OCH3 is 1. The molecule has 1 amide bonds. The van der Waals surface area contributed by atoms with Crippen molar-refractivity contribution in [1.82, 2.24) is 10.2 Å². The predicted molar refractivity (Wildman–Crippen MR) is 99.3 cm³/mol. The Morgan fingerprint density at radius 3 is 2.76 bits per heavy atom. The molecule has 2 aromatic rings. The van der Waals surface area contributed by atoms with Gasteiger partial charge in [0, 0.05) is 23.7 Å². The molecule has 0 saturated heterocycles. The van der Waals surface area contributed by atoms with Crippen LogP contribution < -0.4 is 14.8 Å². The number of hydrogen-bond donors (Lipinski definition) is 1. The third kappa shape index (κ3) is 6.64. The number of benzene rings is 2. The number of para-hydroxylation sites is 1. The van der Waals surface area contributed by atoms with Gasteiger partial charge in [0.2, 0.25) is 5.91 Å². The molecule has 0 fully saturated rings. The van der Waals surface area contributed by atoms with E-state index in [1.807, 2.05) is 48.3 Å². The van der Waals surface area contributed by atoms with Crippen molar-refractivity contribution in [3.8, 4) is 11.5 Å². The maximum absolute atomic E-state index is 12.1. The average Bonchev–Trinajstić information content (AvgIpc) is 2.60. The molecule has 0 bridgehead atoms. The summed E-state index contributed by atoms with van der Waals surface area (Å²) in [4.78, 5) is 14.0. The number of amides is 1. The second-order valence-electron chi connectivity index (χ2n) is 5.63. The molecule has 0 spiro atoms. The number of likely N-dealkylation sites (N-methyl/N-ethyl adjacent to an activating group) is 1. The first kappa shape index (κ1) is 19.1. The summed E-state index contributed by atoms with van der Waals surface area (Å²) in [5.41, 5.74) is 0.949. The summed E-state index contributed by atoms with van der Waals surface area (Å²) in [7, 11) is 3.50. The minimum atomic E-state index is -0.0452. The van der Waals surface area contributed by atoms with E-state index in [-0.39, 0.29) is 5.91 Å². The average molecular weight is 363 g/mol. The standard InChI is InChI=1S/C19H23ClN2O3/c1-22(10-11-25-17-8-5-7-16(20)12-17)14-19(23)21-13-15-6-3-4-9-18(15)24-2/h3-9,12H,10-11,13-14H2,1-2H3,(H,21,23). The first-order valence-corrected chi connectivity index (χ1v) is 8.42. The second-order valence-corrected chi connectivity index (χ2v) is 6.07. The molecule has 6 heteroatoms. The zero-order valence-electron chi connectivity index (χ0n) is 14.5. The lowest BCUT2D eigenvalue weighted by Gasteiger charge is -2.17. The third-order valence-corrected chi connectivity index (χ3v) is 3.85. The molecule has 0 aliphatic carbocycles. The van der Waals surface area contributed by atoms with Crippen LogP contribution in [0, 0.1) is 0 Å². The molecule has 0 aliphatic rings. The Morgan fingerprint density at radius 2 is 2.00 bits per heavy atom. The van der Waals surface area contributed by atoms with Gasteiger partial charge in [0.25, 0.3) is 0 Å². The van der Waals surface area contributed by atoms with Crippen LogP contribution in [0.3, 0.4) is 0 Å². The highest BCUT2D eigenvalue weighted by Gasteiger charge is 2.08. The minimum Gasteiger partial charge on any atom is -0.496 e. The Bertz CT molecular complexity index is 694. The topological polar surface area (TPSA) is 50.8 Å². The third-order valence-electron chi connectivity index (χ3n) is 3.62. The number of hydrogen-bond acceptors (Lipinski definition) is 4. The van der Waals surface area contributed by atoms with Crippen LogP contribution in [-0.2, 0) is 11.3 Å². The first-order valence-electron chi connectivity index (χ1n) is 8.04. The maximum Gasteiger partial charge on any atom is 0.234 e. The fourth-order valence-electron chi connectivity index (χ4n) is 2.30. The lowest BCUT2D eigenvalue weighted by atomic mass is 10.2. The van der Waals surface area contributed by atoms with Crippen molar-refractivity contribution >= 4 is 17.5 Å². The Balaban J connectivity index is 1.69. The van der Waals surface area contributed by atoms with E-state index in [1.165, 1.54) is 0 Å². The highest BCUT2D eigenvalue weighted by atomic mass is 35.5. The highest BCUT2D eigenvalue weighted by Crippen LogP contribution is 2.17. The zero-order chi connectivity index (χ0) is 18.1. The molecule has 25 heavy (non-hydrogen) atoms. The first-order chi connectivity index (χ1) is 12.1. The van der Waals surface area contributed by atoms with Gasteiger partial charge in [-0.05, 0) is 31.3 Å². The fraction of sp³-hybridized carbons (Fsp3) is 0.316. The molecule has 134 valence electrons. The van der Waals surface area contributed by atoms with E-state index in [0.29, 0.717) is 31.3 Å². The van der Waals surface area contributed by atoms with E-state index >= 15 is 0 Å². The lowest BCUT2D eigenvalue weighted by molar-refractivity contribution is -0.122. The van der Waals surface area contributed by atoms with Crippen LogP contribution in [0.2, 0.25) is 5.02 Å². The van der Waals surface area contributed by atoms with Gasteiger partial charge in [-0.3, -0.25) is 9.69 Å². The number of nitrogens with zero attached hydrogens (tertiary/aromatic N) is 1. The van der Waals surface area contributed by atoms with Crippen LogP contribution in [0.1, 0.15) is 5.56 Å². The van der Waals surface area contributed by atoms with E-state index in [2.05, 4.69) is 5.32 Å². The molecule has 0 unspecified atom stereocenters. The summed E-state index contributed by atoms with van der Waals surface area (Å²) < 4.78 is 10.9. The summed E-state index contributed by atoms with van der Waals surface area (Å²) in [6.45, 7) is 1.86. The van der Waals surface area contributed by atoms with E-state index < -0.39 is 0 Å². The quantitative estimate of drug-likeness (QED) is 0.745. The maximum atomic E-state index is 12.1. The van der Waals surface area contributed by atoms with Gasteiger partial charge in [-0.2, -0.15) is 0 Å². The van der Waals surface area contributed by atoms with Gasteiger partial charge in [-0.15, -0.1) is 0 Å². The number of ether oxygens (including phenoxy) is 2. The molecule has 2 aromatic carbocycles. The summed E-state index contributed by atoms with van der Waals surface area (Å²) in [5, 5.41) is 3.54. The number of carbonyl (C=O) groups is 1. The van der Waals surface area contributed by atoms with Gasteiger partial charge in [0.1, 0.15) is 18.1 Å².